The zero-order chi connectivity index (χ0) is 25.1. The number of hydrogen-bond acceptors (Lipinski definition) is 4. The van der Waals surface area contributed by atoms with Crippen molar-refractivity contribution in [2.24, 2.45) is 12.8 Å². The molecule has 1 aromatic heterocycles. The van der Waals surface area contributed by atoms with E-state index < -0.39 is 6.04 Å². The molecule has 1 atom stereocenters. The normalized spacial score (nSPS) is 13.9. The Morgan fingerprint density at radius 3 is 2.42 bits per heavy atom. The van der Waals surface area contributed by atoms with Gasteiger partial charge in [0.25, 0.3) is 5.91 Å². The largest absolute Gasteiger partial charge is 0.328 e. The van der Waals surface area contributed by atoms with Gasteiger partial charge in [0.1, 0.15) is 0 Å². The van der Waals surface area contributed by atoms with Crippen molar-refractivity contribution in [1.29, 1.82) is 0 Å². The van der Waals surface area contributed by atoms with E-state index >= 15 is 0 Å². The van der Waals surface area contributed by atoms with Crippen LogP contribution in [0.2, 0.25) is 0 Å². The van der Waals surface area contributed by atoms with E-state index in [9.17, 15) is 9.59 Å². The SMILES string of the molecule is Cn1ccc(-c2ccc(CC(=O)[C@H](Cc3ccccc3)N3CCc4cc(CN)ccc4C3=O)cc2)n1. The summed E-state index contributed by atoms with van der Waals surface area (Å²) in [7, 11) is 1.89. The molecule has 0 bridgehead atoms. The number of amides is 1. The van der Waals surface area contributed by atoms with Gasteiger partial charge in [0.2, 0.25) is 0 Å². The third-order valence-electron chi connectivity index (χ3n) is 6.88. The summed E-state index contributed by atoms with van der Waals surface area (Å²) in [5.41, 5.74) is 12.4. The standard InChI is InChI=1S/C30H30N4O2/c1-33-15-14-27(32-33)24-10-7-22(8-11-24)19-29(35)28(18-21-5-3-2-4-6-21)34-16-13-25-17-23(20-31)9-12-26(25)30(34)36/h2-12,14-15,17,28H,13,16,18-20,31H2,1H3/t28-/m0/s1. The number of ketones is 1. The van der Waals surface area contributed by atoms with Crippen LogP contribution in [0.1, 0.15) is 32.6 Å². The Balaban J connectivity index is 1.39. The molecule has 1 aliphatic heterocycles. The van der Waals surface area contributed by atoms with Gasteiger partial charge in [0.05, 0.1) is 11.7 Å². The van der Waals surface area contributed by atoms with Gasteiger partial charge in [-0.2, -0.15) is 5.10 Å². The quantitative estimate of drug-likeness (QED) is 0.416. The van der Waals surface area contributed by atoms with Crippen molar-refractivity contribution in [3.05, 3.63) is 113 Å². The van der Waals surface area contributed by atoms with E-state index in [0.29, 0.717) is 31.5 Å². The van der Waals surface area contributed by atoms with Crippen molar-refractivity contribution in [3.63, 3.8) is 0 Å². The average molecular weight is 479 g/mol. The third kappa shape index (κ3) is 4.99. The minimum atomic E-state index is -0.530. The van der Waals surface area contributed by atoms with Gasteiger partial charge in [-0.05, 0) is 47.2 Å². The van der Waals surface area contributed by atoms with Crippen molar-refractivity contribution in [3.8, 4) is 11.3 Å². The zero-order valence-electron chi connectivity index (χ0n) is 20.4. The second-order valence-corrected chi connectivity index (χ2v) is 9.36. The summed E-state index contributed by atoms with van der Waals surface area (Å²) in [5.74, 6) is -0.0422. The predicted octanol–water partition coefficient (Wildman–Crippen LogP) is 3.97. The first-order chi connectivity index (χ1) is 17.5. The predicted molar refractivity (Wildman–Crippen MR) is 140 cm³/mol. The lowest BCUT2D eigenvalue weighted by molar-refractivity contribution is -0.123. The lowest BCUT2D eigenvalue weighted by Gasteiger charge is -2.35. The number of hydrogen-bond donors (Lipinski definition) is 1. The molecule has 5 rings (SSSR count). The molecule has 0 fully saturated rings. The van der Waals surface area contributed by atoms with Crippen LogP contribution in [0.3, 0.4) is 0 Å². The Bertz CT molecular complexity index is 1380. The summed E-state index contributed by atoms with van der Waals surface area (Å²) in [6.45, 7) is 0.959. The van der Waals surface area contributed by atoms with Gasteiger partial charge < -0.3 is 10.6 Å². The molecule has 0 unspecified atom stereocenters. The molecule has 36 heavy (non-hydrogen) atoms. The molecule has 2 heterocycles. The van der Waals surface area contributed by atoms with E-state index in [1.165, 1.54) is 0 Å². The summed E-state index contributed by atoms with van der Waals surface area (Å²) in [6, 6.07) is 25.1. The summed E-state index contributed by atoms with van der Waals surface area (Å²) >= 11 is 0. The number of Topliss-reactive ketones (excluding diaryl/α,β-unsaturated/α-hetero) is 1. The monoisotopic (exact) mass is 478 g/mol. The van der Waals surface area contributed by atoms with Crippen LogP contribution in [0, 0.1) is 0 Å². The molecule has 1 aliphatic rings. The third-order valence-corrected chi connectivity index (χ3v) is 6.88. The number of nitrogens with zero attached hydrogens (tertiary/aromatic N) is 3. The molecule has 0 radical (unpaired) electrons. The number of aryl methyl sites for hydroxylation is 1. The van der Waals surface area contributed by atoms with Gasteiger partial charge in [0, 0.05) is 43.9 Å². The van der Waals surface area contributed by atoms with E-state index in [1.807, 2.05) is 92.1 Å². The fraction of sp³-hybridized carbons (Fsp3) is 0.233. The molecule has 0 spiro atoms. The van der Waals surface area contributed by atoms with Gasteiger partial charge in [-0.25, -0.2) is 0 Å². The van der Waals surface area contributed by atoms with E-state index in [1.54, 1.807) is 9.58 Å². The highest BCUT2D eigenvalue weighted by Crippen LogP contribution is 2.25. The molecule has 6 nitrogen and oxygen atoms in total. The molecule has 0 saturated heterocycles. The number of fused-ring (bicyclic) bond motifs is 1. The zero-order valence-corrected chi connectivity index (χ0v) is 20.4. The minimum absolute atomic E-state index is 0.0415. The summed E-state index contributed by atoms with van der Waals surface area (Å²) < 4.78 is 1.77. The van der Waals surface area contributed by atoms with Gasteiger partial charge in [-0.3, -0.25) is 14.3 Å². The molecular formula is C30H30N4O2. The Morgan fingerprint density at radius 2 is 1.72 bits per heavy atom. The van der Waals surface area contributed by atoms with Crippen LogP contribution in [-0.2, 0) is 37.6 Å². The molecule has 182 valence electrons. The highest BCUT2D eigenvalue weighted by Gasteiger charge is 2.34. The van der Waals surface area contributed by atoms with Crippen molar-refractivity contribution in [2.75, 3.05) is 6.54 Å². The fourth-order valence-electron chi connectivity index (χ4n) is 4.90. The Morgan fingerprint density at radius 1 is 0.972 bits per heavy atom. The van der Waals surface area contributed by atoms with Gasteiger partial charge >= 0.3 is 0 Å². The molecule has 2 N–H and O–H groups in total. The number of rotatable bonds is 8. The first-order valence-electron chi connectivity index (χ1n) is 12.3. The van der Waals surface area contributed by atoms with Crippen molar-refractivity contribution in [1.82, 2.24) is 14.7 Å². The molecule has 1 amide bonds. The first kappa shape index (κ1) is 23.7. The average Bonchev–Trinajstić information content (AvgIpc) is 3.34. The van der Waals surface area contributed by atoms with Gasteiger partial charge in [-0.15, -0.1) is 0 Å². The minimum Gasteiger partial charge on any atom is -0.328 e. The van der Waals surface area contributed by atoms with Crippen LogP contribution in [0.5, 0.6) is 0 Å². The summed E-state index contributed by atoms with van der Waals surface area (Å²) in [6.07, 6.45) is 3.38. The Hall–Kier alpha value is -4.03. The maximum Gasteiger partial charge on any atom is 0.254 e. The number of carbonyl (C=O) groups excluding carboxylic acids is 2. The number of carbonyl (C=O) groups is 2. The summed E-state index contributed by atoms with van der Waals surface area (Å²) in [5, 5.41) is 4.44. The van der Waals surface area contributed by atoms with Crippen molar-refractivity contribution >= 4 is 11.7 Å². The Kier molecular flexibility index (Phi) is 6.78. The smallest absolute Gasteiger partial charge is 0.254 e. The summed E-state index contributed by atoms with van der Waals surface area (Å²) in [4.78, 5) is 29.0. The highest BCUT2D eigenvalue weighted by molar-refractivity contribution is 6.00. The number of nitrogens with two attached hydrogens (primary N) is 1. The lowest BCUT2D eigenvalue weighted by atomic mass is 9.91. The van der Waals surface area contributed by atoms with Crippen LogP contribution in [-0.4, -0.2) is 39.0 Å². The van der Waals surface area contributed by atoms with E-state index in [4.69, 9.17) is 5.73 Å². The van der Waals surface area contributed by atoms with E-state index in [-0.39, 0.29) is 18.1 Å². The van der Waals surface area contributed by atoms with Crippen LogP contribution in [0.25, 0.3) is 11.3 Å². The second-order valence-electron chi connectivity index (χ2n) is 9.36. The van der Waals surface area contributed by atoms with Crippen LogP contribution < -0.4 is 5.73 Å². The van der Waals surface area contributed by atoms with Crippen LogP contribution >= 0.6 is 0 Å². The number of aromatic nitrogens is 2. The van der Waals surface area contributed by atoms with E-state index in [0.717, 1.165) is 33.5 Å². The molecule has 0 saturated carbocycles. The van der Waals surface area contributed by atoms with E-state index in [2.05, 4.69) is 5.10 Å². The number of benzene rings is 3. The van der Waals surface area contributed by atoms with Crippen molar-refractivity contribution < 1.29 is 9.59 Å². The second kappa shape index (κ2) is 10.3. The molecule has 4 aromatic rings. The fourth-order valence-corrected chi connectivity index (χ4v) is 4.90. The maximum atomic E-state index is 13.7. The highest BCUT2D eigenvalue weighted by atomic mass is 16.2. The molecule has 6 heteroatoms. The van der Waals surface area contributed by atoms with Gasteiger partial charge in [-0.1, -0.05) is 66.7 Å². The van der Waals surface area contributed by atoms with Crippen LogP contribution in [0.4, 0.5) is 0 Å². The Labute approximate surface area is 211 Å². The molecule has 0 aliphatic carbocycles. The van der Waals surface area contributed by atoms with Crippen LogP contribution in [0.15, 0.2) is 85.1 Å². The maximum absolute atomic E-state index is 13.7. The molecular weight excluding hydrogens is 448 g/mol. The van der Waals surface area contributed by atoms with Gasteiger partial charge in [0.15, 0.2) is 5.78 Å². The topological polar surface area (TPSA) is 81.2 Å². The van der Waals surface area contributed by atoms with Crippen molar-refractivity contribution in [2.45, 2.75) is 31.8 Å². The first-order valence-corrected chi connectivity index (χ1v) is 12.3. The lowest BCUT2D eigenvalue weighted by Crippen LogP contribution is -2.50. The molecule has 3 aromatic carbocycles.